The fourth-order valence-electron chi connectivity index (χ4n) is 2.97. The highest BCUT2D eigenvalue weighted by Crippen LogP contribution is 2.13. The van der Waals surface area contributed by atoms with E-state index < -0.39 is 17.9 Å². The van der Waals surface area contributed by atoms with Crippen LogP contribution in [0.5, 0.6) is 0 Å². The van der Waals surface area contributed by atoms with E-state index in [0.717, 1.165) is 5.56 Å². The molecule has 0 spiro atoms. The van der Waals surface area contributed by atoms with E-state index in [4.69, 9.17) is 14.7 Å². The summed E-state index contributed by atoms with van der Waals surface area (Å²) in [6.07, 6.45) is 0.256. The molecule has 2 rings (SSSR count). The van der Waals surface area contributed by atoms with Gasteiger partial charge in [-0.25, -0.2) is 5.48 Å². The Balaban J connectivity index is 1.99. The number of carbonyl (C=O) groups excluding carboxylic acids is 3. The Morgan fingerprint density at radius 1 is 0.969 bits per heavy atom. The molecule has 2 aromatic carbocycles. The molecule has 172 valence electrons. The third-order valence-electron chi connectivity index (χ3n) is 4.77. The number of amides is 3. The topological polar surface area (TPSA) is 126 Å². The first-order valence-electron chi connectivity index (χ1n) is 10.1. The van der Waals surface area contributed by atoms with Crippen LogP contribution in [0.25, 0.3) is 0 Å². The van der Waals surface area contributed by atoms with Gasteiger partial charge < -0.3 is 20.1 Å². The van der Waals surface area contributed by atoms with Gasteiger partial charge in [-0.3, -0.25) is 19.6 Å². The molecule has 0 heterocycles. The summed E-state index contributed by atoms with van der Waals surface area (Å²) in [5.41, 5.74) is 4.15. The number of hydrogen-bond donors (Lipinski definition) is 4. The van der Waals surface area contributed by atoms with Crippen molar-refractivity contribution in [3.63, 3.8) is 0 Å². The number of hydrogen-bond acceptors (Lipinski definition) is 6. The van der Waals surface area contributed by atoms with Crippen molar-refractivity contribution in [1.29, 1.82) is 0 Å². The molecule has 0 fully saturated rings. The molecule has 4 N–H and O–H groups in total. The second-order valence-corrected chi connectivity index (χ2v) is 7.46. The lowest BCUT2D eigenvalue weighted by Gasteiger charge is -2.21. The first-order chi connectivity index (χ1) is 15.3. The predicted octanol–water partition coefficient (Wildman–Crippen LogP) is 2.50. The van der Waals surface area contributed by atoms with Crippen LogP contribution in [0.1, 0.15) is 39.6 Å². The third kappa shape index (κ3) is 7.77. The molecule has 2 atom stereocenters. The Morgan fingerprint density at radius 3 is 2.16 bits per heavy atom. The van der Waals surface area contributed by atoms with Gasteiger partial charge in [0.15, 0.2) is 0 Å². The second kappa shape index (κ2) is 12.6. The summed E-state index contributed by atoms with van der Waals surface area (Å²) < 4.78 is 10.2. The predicted molar refractivity (Wildman–Crippen MR) is 118 cm³/mol. The summed E-state index contributed by atoms with van der Waals surface area (Å²) in [6, 6.07) is 13.2. The minimum absolute atomic E-state index is 0.0440. The van der Waals surface area contributed by atoms with Gasteiger partial charge >= 0.3 is 0 Å². The Morgan fingerprint density at radius 2 is 1.56 bits per heavy atom. The number of rotatable bonds is 11. The summed E-state index contributed by atoms with van der Waals surface area (Å²) in [5, 5.41) is 14.4. The van der Waals surface area contributed by atoms with Crippen molar-refractivity contribution in [3.8, 4) is 0 Å². The minimum atomic E-state index is -0.551. The molecule has 0 bridgehead atoms. The molecule has 3 amide bonds. The van der Waals surface area contributed by atoms with Gasteiger partial charge in [-0.15, -0.1) is 0 Å². The van der Waals surface area contributed by atoms with Crippen LogP contribution in [-0.2, 0) is 14.3 Å². The Hall–Kier alpha value is -3.27. The van der Waals surface area contributed by atoms with E-state index in [1.807, 2.05) is 19.1 Å². The number of carbonyl (C=O) groups is 3. The molecule has 0 aliphatic rings. The van der Waals surface area contributed by atoms with Gasteiger partial charge in [0.1, 0.15) is 6.79 Å². The van der Waals surface area contributed by atoms with Crippen LogP contribution in [0.4, 0.5) is 5.69 Å². The van der Waals surface area contributed by atoms with Crippen LogP contribution in [-0.4, -0.2) is 49.5 Å². The molecule has 0 saturated heterocycles. The lowest BCUT2D eigenvalue weighted by atomic mass is 10.0. The normalized spacial score (nSPS) is 12.5. The van der Waals surface area contributed by atoms with Crippen LogP contribution in [0.2, 0.25) is 0 Å². The fourth-order valence-corrected chi connectivity index (χ4v) is 2.97. The monoisotopic (exact) mass is 443 g/mol. The molecule has 0 radical (unpaired) electrons. The maximum atomic E-state index is 12.7. The Labute approximate surface area is 187 Å². The van der Waals surface area contributed by atoms with Crippen LogP contribution < -0.4 is 16.1 Å². The third-order valence-corrected chi connectivity index (χ3v) is 4.77. The maximum Gasteiger partial charge on any atom is 0.255 e. The molecule has 9 nitrogen and oxygen atoms in total. The zero-order valence-electron chi connectivity index (χ0n) is 18.4. The highest BCUT2D eigenvalue weighted by atomic mass is 16.7. The van der Waals surface area contributed by atoms with Crippen molar-refractivity contribution in [2.24, 2.45) is 5.92 Å². The molecule has 9 heteroatoms. The van der Waals surface area contributed by atoms with Gasteiger partial charge in [-0.1, -0.05) is 24.6 Å². The average molecular weight is 444 g/mol. The summed E-state index contributed by atoms with van der Waals surface area (Å²) in [4.78, 5) is 36.6. The lowest BCUT2D eigenvalue weighted by molar-refractivity contribution is -0.133. The lowest BCUT2D eigenvalue weighted by Crippen LogP contribution is -2.41. The number of ether oxygens (including phenoxy) is 2. The quantitative estimate of drug-likeness (QED) is 0.183. The van der Waals surface area contributed by atoms with Gasteiger partial charge in [0.25, 0.3) is 11.8 Å². The van der Waals surface area contributed by atoms with E-state index in [1.54, 1.807) is 48.8 Å². The second-order valence-electron chi connectivity index (χ2n) is 7.46. The van der Waals surface area contributed by atoms with E-state index in [0.29, 0.717) is 16.8 Å². The summed E-state index contributed by atoms with van der Waals surface area (Å²) in [6.45, 7) is 3.75. The molecule has 0 aliphatic carbocycles. The van der Waals surface area contributed by atoms with Gasteiger partial charge in [-0.05, 0) is 49.7 Å². The van der Waals surface area contributed by atoms with Crippen molar-refractivity contribution in [1.82, 2.24) is 10.8 Å². The van der Waals surface area contributed by atoms with Gasteiger partial charge in [0.05, 0.1) is 12.6 Å². The molecule has 32 heavy (non-hydrogen) atoms. The number of aryl methyl sites for hydroxylation is 1. The first-order valence-corrected chi connectivity index (χ1v) is 10.1. The fraction of sp³-hybridized carbons (Fsp3) is 0.348. The molecule has 0 aliphatic heterocycles. The smallest absolute Gasteiger partial charge is 0.255 e. The van der Waals surface area contributed by atoms with E-state index in [-0.39, 0.29) is 31.6 Å². The van der Waals surface area contributed by atoms with Gasteiger partial charge in [0, 0.05) is 29.8 Å². The molecule has 0 unspecified atom stereocenters. The number of anilines is 1. The van der Waals surface area contributed by atoms with Crippen LogP contribution >= 0.6 is 0 Å². The summed E-state index contributed by atoms with van der Waals surface area (Å²) >= 11 is 0. The average Bonchev–Trinajstić information content (AvgIpc) is 2.79. The zero-order chi connectivity index (χ0) is 23.5. The van der Waals surface area contributed by atoms with Crippen molar-refractivity contribution in [2.75, 3.05) is 25.8 Å². The number of hydroxylamine groups is 1. The van der Waals surface area contributed by atoms with Crippen molar-refractivity contribution >= 4 is 23.4 Å². The standard InChI is InChI=1S/C23H29N3O6/c1-15-4-6-17(7-5-15)22(28)24-19-10-8-18(9-11-19)23(29)25-20(13-32-14-31-3)12-16(2)21(27)26-30/h4-11,16,20,30H,12-14H2,1-3H3,(H,24,28)(H,25,29)(H,26,27)/t16-,20-/m0/s1. The number of benzene rings is 2. The number of methoxy groups -OCH3 is 1. The molecule has 2 aromatic rings. The SMILES string of the molecule is COCOC[C@H](C[C@H](C)C(=O)NO)NC(=O)c1ccc(NC(=O)c2ccc(C)cc2)cc1. The Kier molecular flexibility index (Phi) is 9.80. The Bertz CT molecular complexity index is 899. The van der Waals surface area contributed by atoms with Crippen LogP contribution in [0, 0.1) is 12.8 Å². The highest BCUT2D eigenvalue weighted by molar-refractivity contribution is 6.04. The van der Waals surface area contributed by atoms with Crippen LogP contribution in [0.15, 0.2) is 48.5 Å². The molecular weight excluding hydrogens is 414 g/mol. The summed E-state index contributed by atoms with van der Waals surface area (Å²) in [5.74, 6) is -1.70. The minimum Gasteiger partial charge on any atom is -0.359 e. The first kappa shape index (κ1) is 25.0. The van der Waals surface area contributed by atoms with E-state index >= 15 is 0 Å². The maximum absolute atomic E-state index is 12.7. The molecular formula is C23H29N3O6. The molecule has 0 aromatic heterocycles. The number of nitrogens with one attached hydrogen (secondary N) is 3. The van der Waals surface area contributed by atoms with E-state index in [1.165, 1.54) is 7.11 Å². The van der Waals surface area contributed by atoms with Crippen molar-refractivity contribution in [3.05, 3.63) is 65.2 Å². The molecule has 0 saturated carbocycles. The van der Waals surface area contributed by atoms with Crippen molar-refractivity contribution in [2.45, 2.75) is 26.3 Å². The summed E-state index contributed by atoms with van der Waals surface area (Å²) in [7, 11) is 1.48. The zero-order valence-corrected chi connectivity index (χ0v) is 18.4. The van der Waals surface area contributed by atoms with E-state index in [9.17, 15) is 14.4 Å². The van der Waals surface area contributed by atoms with E-state index in [2.05, 4.69) is 10.6 Å². The van der Waals surface area contributed by atoms with Gasteiger partial charge in [-0.2, -0.15) is 0 Å². The van der Waals surface area contributed by atoms with Crippen LogP contribution in [0.3, 0.4) is 0 Å². The highest BCUT2D eigenvalue weighted by Gasteiger charge is 2.21. The largest absolute Gasteiger partial charge is 0.359 e. The van der Waals surface area contributed by atoms with Gasteiger partial charge in [0.2, 0.25) is 5.91 Å². The van der Waals surface area contributed by atoms with Crippen molar-refractivity contribution < 1.29 is 29.1 Å².